The van der Waals surface area contributed by atoms with Crippen LogP contribution in [0, 0.1) is 17.6 Å². The van der Waals surface area contributed by atoms with E-state index in [-0.39, 0.29) is 10.4 Å². The van der Waals surface area contributed by atoms with Crippen molar-refractivity contribution in [2.45, 2.75) is 43.9 Å². The summed E-state index contributed by atoms with van der Waals surface area (Å²) in [7, 11) is 0. The average Bonchev–Trinajstić information content (AvgIpc) is 2.35. The Morgan fingerprint density at radius 1 is 1.11 bits per heavy atom. The van der Waals surface area contributed by atoms with E-state index < -0.39 is 11.6 Å². The fourth-order valence-corrected chi connectivity index (χ4v) is 3.39. The zero-order valence-electron chi connectivity index (χ0n) is 10.1. The quantitative estimate of drug-likeness (QED) is 0.483. The normalized spacial score (nSPS) is 18.9. The minimum absolute atomic E-state index is 0.213. The molecular weight excluding hydrogens is 277 g/mol. The van der Waals surface area contributed by atoms with Gasteiger partial charge in [0.15, 0.2) is 11.6 Å². The van der Waals surface area contributed by atoms with E-state index in [0.29, 0.717) is 11.5 Å². The first-order valence-electron chi connectivity index (χ1n) is 6.36. The van der Waals surface area contributed by atoms with Crippen LogP contribution >= 0.6 is 23.2 Å². The van der Waals surface area contributed by atoms with Crippen molar-refractivity contribution in [3.63, 3.8) is 0 Å². The summed E-state index contributed by atoms with van der Waals surface area (Å²) in [5, 5.41) is -0.125. The van der Waals surface area contributed by atoms with E-state index in [1.165, 1.54) is 32.1 Å². The molecule has 0 aliphatic heterocycles. The molecule has 1 aliphatic carbocycles. The Hall–Kier alpha value is -0.340. The highest BCUT2D eigenvalue weighted by Crippen LogP contribution is 2.38. The summed E-state index contributed by atoms with van der Waals surface area (Å²) in [6.45, 7) is 0. The van der Waals surface area contributed by atoms with Crippen LogP contribution in [-0.2, 0) is 0 Å². The molecule has 2 rings (SSSR count). The van der Waals surface area contributed by atoms with E-state index in [0.717, 1.165) is 18.6 Å². The van der Waals surface area contributed by atoms with Gasteiger partial charge in [0.1, 0.15) is 0 Å². The molecule has 4 heteroatoms. The first-order chi connectivity index (χ1) is 8.58. The van der Waals surface area contributed by atoms with E-state index in [1.807, 2.05) is 0 Å². The standard InChI is InChI=1S/C14H16Cl2F2/c15-11(6-9-4-2-1-3-5-9)10-7-13(17)14(18)8-12(10)16/h7-9,11H,1-6H2. The van der Waals surface area contributed by atoms with Gasteiger partial charge >= 0.3 is 0 Å². The summed E-state index contributed by atoms with van der Waals surface area (Å²) in [6.07, 6.45) is 6.89. The molecule has 1 atom stereocenters. The Balaban J connectivity index is 2.08. The molecule has 0 spiro atoms. The van der Waals surface area contributed by atoms with Crippen molar-refractivity contribution < 1.29 is 8.78 Å². The molecular formula is C14H16Cl2F2. The Labute approximate surface area is 116 Å². The average molecular weight is 293 g/mol. The predicted molar refractivity (Wildman–Crippen MR) is 71.2 cm³/mol. The lowest BCUT2D eigenvalue weighted by Gasteiger charge is -2.24. The Morgan fingerprint density at radius 2 is 1.72 bits per heavy atom. The lowest BCUT2D eigenvalue weighted by Crippen LogP contribution is -2.09. The highest BCUT2D eigenvalue weighted by molar-refractivity contribution is 6.32. The first-order valence-corrected chi connectivity index (χ1v) is 7.18. The maximum Gasteiger partial charge on any atom is 0.160 e. The number of rotatable bonds is 3. The maximum atomic E-state index is 13.2. The minimum atomic E-state index is -0.926. The van der Waals surface area contributed by atoms with Gasteiger partial charge in [0, 0.05) is 5.02 Å². The minimum Gasteiger partial charge on any atom is -0.204 e. The zero-order chi connectivity index (χ0) is 13.1. The van der Waals surface area contributed by atoms with Crippen LogP contribution in [0.15, 0.2) is 12.1 Å². The molecule has 1 aromatic carbocycles. The van der Waals surface area contributed by atoms with Crippen molar-refractivity contribution >= 4 is 23.2 Å². The summed E-state index contributed by atoms with van der Waals surface area (Å²) in [6, 6.07) is 2.13. The van der Waals surface area contributed by atoms with Crippen LogP contribution in [0.5, 0.6) is 0 Å². The molecule has 0 amide bonds. The molecule has 0 saturated heterocycles. The number of halogens is 4. The van der Waals surface area contributed by atoms with Gasteiger partial charge in [-0.3, -0.25) is 0 Å². The maximum absolute atomic E-state index is 13.2. The molecule has 0 bridgehead atoms. The third-order valence-corrected chi connectivity index (χ3v) is 4.38. The second-order valence-corrected chi connectivity index (χ2v) is 5.93. The Kier molecular flexibility index (Phi) is 4.85. The molecule has 1 aliphatic rings. The van der Waals surface area contributed by atoms with Crippen LogP contribution < -0.4 is 0 Å². The predicted octanol–water partition coefficient (Wildman–Crippen LogP) is 5.87. The monoisotopic (exact) mass is 292 g/mol. The first kappa shape index (κ1) is 14.1. The summed E-state index contributed by atoms with van der Waals surface area (Å²) in [5.41, 5.74) is 0.503. The molecule has 1 fully saturated rings. The topological polar surface area (TPSA) is 0 Å². The van der Waals surface area contributed by atoms with Crippen molar-refractivity contribution in [3.8, 4) is 0 Å². The van der Waals surface area contributed by atoms with E-state index in [9.17, 15) is 8.78 Å². The number of hydrogen-bond donors (Lipinski definition) is 0. The third-order valence-electron chi connectivity index (χ3n) is 3.64. The van der Waals surface area contributed by atoms with Crippen LogP contribution in [0.3, 0.4) is 0 Å². The van der Waals surface area contributed by atoms with Crippen molar-refractivity contribution in [3.05, 3.63) is 34.4 Å². The molecule has 1 saturated carbocycles. The molecule has 0 nitrogen and oxygen atoms in total. The van der Waals surface area contributed by atoms with E-state index >= 15 is 0 Å². The van der Waals surface area contributed by atoms with Gasteiger partial charge in [-0.25, -0.2) is 8.78 Å². The van der Waals surface area contributed by atoms with Crippen LogP contribution in [0.25, 0.3) is 0 Å². The summed E-state index contributed by atoms with van der Waals surface area (Å²) in [5.74, 6) is -1.24. The second kappa shape index (κ2) is 6.21. The second-order valence-electron chi connectivity index (χ2n) is 5.00. The molecule has 100 valence electrons. The van der Waals surface area contributed by atoms with Gasteiger partial charge in [0.25, 0.3) is 0 Å². The van der Waals surface area contributed by atoms with E-state index in [2.05, 4.69) is 0 Å². The van der Waals surface area contributed by atoms with Gasteiger partial charge in [-0.15, -0.1) is 11.6 Å². The Bertz CT molecular complexity index is 415. The van der Waals surface area contributed by atoms with Crippen LogP contribution in [0.2, 0.25) is 5.02 Å². The summed E-state index contributed by atoms with van der Waals surface area (Å²) in [4.78, 5) is 0. The molecule has 18 heavy (non-hydrogen) atoms. The van der Waals surface area contributed by atoms with Crippen LogP contribution in [0.1, 0.15) is 49.5 Å². The SMILES string of the molecule is Fc1cc(Cl)c(C(Cl)CC2CCCCC2)cc1F. The van der Waals surface area contributed by atoms with Crippen molar-refractivity contribution in [1.29, 1.82) is 0 Å². The zero-order valence-corrected chi connectivity index (χ0v) is 11.6. The van der Waals surface area contributed by atoms with Crippen LogP contribution in [0.4, 0.5) is 8.78 Å². The molecule has 0 N–H and O–H groups in total. The number of alkyl halides is 1. The molecule has 0 aromatic heterocycles. The fourth-order valence-electron chi connectivity index (χ4n) is 2.62. The van der Waals surface area contributed by atoms with Crippen molar-refractivity contribution in [2.24, 2.45) is 5.92 Å². The molecule has 0 radical (unpaired) electrons. The van der Waals surface area contributed by atoms with Crippen molar-refractivity contribution in [1.82, 2.24) is 0 Å². The van der Waals surface area contributed by atoms with Gasteiger partial charge < -0.3 is 0 Å². The van der Waals surface area contributed by atoms with Crippen LogP contribution in [-0.4, -0.2) is 0 Å². The van der Waals surface area contributed by atoms with Gasteiger partial charge in [0.05, 0.1) is 5.38 Å². The van der Waals surface area contributed by atoms with Gasteiger partial charge in [-0.2, -0.15) is 0 Å². The lowest BCUT2D eigenvalue weighted by atomic mass is 9.85. The van der Waals surface area contributed by atoms with Gasteiger partial charge in [-0.05, 0) is 30.0 Å². The number of hydrogen-bond acceptors (Lipinski definition) is 0. The van der Waals surface area contributed by atoms with Gasteiger partial charge in [-0.1, -0.05) is 43.7 Å². The fraction of sp³-hybridized carbons (Fsp3) is 0.571. The molecule has 1 aromatic rings. The van der Waals surface area contributed by atoms with E-state index in [1.54, 1.807) is 0 Å². The highest BCUT2D eigenvalue weighted by Gasteiger charge is 2.21. The summed E-state index contributed by atoms with van der Waals surface area (Å²) < 4.78 is 26.2. The Morgan fingerprint density at radius 3 is 2.39 bits per heavy atom. The molecule has 0 heterocycles. The summed E-state index contributed by atoms with van der Waals surface area (Å²) >= 11 is 12.2. The van der Waals surface area contributed by atoms with Gasteiger partial charge in [0.2, 0.25) is 0 Å². The highest BCUT2D eigenvalue weighted by atomic mass is 35.5. The molecule has 1 unspecified atom stereocenters. The number of benzene rings is 1. The third kappa shape index (κ3) is 3.36. The van der Waals surface area contributed by atoms with E-state index in [4.69, 9.17) is 23.2 Å². The van der Waals surface area contributed by atoms with Crippen molar-refractivity contribution in [2.75, 3.05) is 0 Å². The lowest BCUT2D eigenvalue weighted by molar-refractivity contribution is 0.336. The smallest absolute Gasteiger partial charge is 0.160 e. The largest absolute Gasteiger partial charge is 0.204 e.